The summed E-state index contributed by atoms with van der Waals surface area (Å²) < 4.78 is 5.24. The van der Waals surface area contributed by atoms with Gasteiger partial charge in [0, 0.05) is 6.04 Å². The Morgan fingerprint density at radius 1 is 1.07 bits per heavy atom. The van der Waals surface area contributed by atoms with Gasteiger partial charge in [0.1, 0.15) is 5.76 Å². The minimum Gasteiger partial charge on any atom is -0.467 e. The summed E-state index contributed by atoms with van der Waals surface area (Å²) in [5.74, 6) is 0.837. The molecule has 2 atom stereocenters. The Morgan fingerprint density at radius 3 is 2.57 bits per heavy atom. The van der Waals surface area contributed by atoms with Gasteiger partial charge in [0.15, 0.2) is 0 Å². The van der Waals surface area contributed by atoms with Gasteiger partial charge in [-0.15, -0.1) is 0 Å². The van der Waals surface area contributed by atoms with Crippen molar-refractivity contribution in [2.24, 2.45) is 11.3 Å². The molecule has 1 aromatic carbocycles. The number of amides is 2. The Balaban J connectivity index is 1.56. The monoisotopic (exact) mass is 411 g/mol. The summed E-state index contributed by atoms with van der Waals surface area (Å²) in [6.07, 6.45) is 6.32. The van der Waals surface area contributed by atoms with E-state index in [4.69, 9.17) is 4.42 Å². The molecule has 1 heterocycles. The Bertz CT molecular complexity index is 840. The molecule has 0 radical (unpaired) electrons. The maximum Gasteiger partial charge on any atom is 0.253 e. The van der Waals surface area contributed by atoms with E-state index in [1.165, 1.54) is 19.3 Å². The summed E-state index contributed by atoms with van der Waals surface area (Å²) in [7, 11) is 0. The maximum absolute atomic E-state index is 12.6. The predicted octanol–water partition coefficient (Wildman–Crippen LogP) is 4.34. The van der Waals surface area contributed by atoms with Crippen LogP contribution in [-0.2, 0) is 11.3 Å². The normalized spacial score (nSPS) is 19.3. The number of benzene rings is 1. The molecular formula is C24H33N3O3. The average Bonchev–Trinajstić information content (AvgIpc) is 3.24. The van der Waals surface area contributed by atoms with Crippen molar-refractivity contribution < 1.29 is 14.0 Å². The molecule has 0 aliphatic heterocycles. The van der Waals surface area contributed by atoms with E-state index >= 15 is 0 Å². The first kappa shape index (κ1) is 22.1. The van der Waals surface area contributed by atoms with Crippen LogP contribution in [0.15, 0.2) is 47.1 Å². The number of hydrogen-bond donors (Lipinski definition) is 3. The number of nitrogens with one attached hydrogen (secondary N) is 3. The van der Waals surface area contributed by atoms with Crippen molar-refractivity contribution in [1.29, 1.82) is 0 Å². The molecule has 1 aliphatic rings. The third kappa shape index (κ3) is 5.95. The third-order valence-corrected chi connectivity index (χ3v) is 5.85. The fourth-order valence-electron chi connectivity index (χ4n) is 4.30. The van der Waals surface area contributed by atoms with Crippen LogP contribution in [0.2, 0.25) is 0 Å². The van der Waals surface area contributed by atoms with Crippen molar-refractivity contribution in [1.82, 2.24) is 10.6 Å². The van der Waals surface area contributed by atoms with Gasteiger partial charge in [-0.05, 0) is 48.4 Å². The Morgan fingerprint density at radius 2 is 1.83 bits per heavy atom. The number of rotatable bonds is 7. The van der Waals surface area contributed by atoms with Crippen LogP contribution >= 0.6 is 0 Å². The summed E-state index contributed by atoms with van der Waals surface area (Å²) in [5, 5.41) is 9.18. The lowest BCUT2D eigenvalue weighted by molar-refractivity contribution is -0.115. The molecule has 162 valence electrons. The molecule has 2 amide bonds. The molecule has 0 spiro atoms. The molecule has 1 saturated carbocycles. The second kappa shape index (κ2) is 9.94. The molecule has 6 heteroatoms. The molecule has 2 unspecified atom stereocenters. The number of hydrogen-bond acceptors (Lipinski definition) is 4. The van der Waals surface area contributed by atoms with E-state index in [0.29, 0.717) is 35.5 Å². The van der Waals surface area contributed by atoms with Crippen LogP contribution in [0, 0.1) is 11.3 Å². The third-order valence-electron chi connectivity index (χ3n) is 5.85. The molecule has 0 bridgehead atoms. The van der Waals surface area contributed by atoms with E-state index < -0.39 is 0 Å². The molecule has 3 rings (SSSR count). The van der Waals surface area contributed by atoms with Crippen molar-refractivity contribution in [2.45, 2.75) is 59.0 Å². The van der Waals surface area contributed by atoms with Gasteiger partial charge in [-0.2, -0.15) is 0 Å². The second-order valence-corrected chi connectivity index (χ2v) is 9.10. The number of anilines is 1. The van der Waals surface area contributed by atoms with Crippen LogP contribution in [0.3, 0.4) is 0 Å². The van der Waals surface area contributed by atoms with Gasteiger partial charge in [0.2, 0.25) is 5.91 Å². The summed E-state index contributed by atoms with van der Waals surface area (Å²) in [6.45, 7) is 7.35. The molecule has 2 aromatic rings. The van der Waals surface area contributed by atoms with Crippen LogP contribution in [0.5, 0.6) is 0 Å². The topological polar surface area (TPSA) is 83.4 Å². The van der Waals surface area contributed by atoms with E-state index in [-0.39, 0.29) is 23.8 Å². The highest BCUT2D eigenvalue weighted by Crippen LogP contribution is 2.37. The van der Waals surface area contributed by atoms with Crippen molar-refractivity contribution in [3.63, 3.8) is 0 Å². The number of carbonyl (C=O) groups excluding carboxylic acids is 2. The van der Waals surface area contributed by atoms with Gasteiger partial charge in [-0.25, -0.2) is 0 Å². The Labute approximate surface area is 178 Å². The lowest BCUT2D eigenvalue weighted by Crippen LogP contribution is -2.46. The molecular weight excluding hydrogens is 378 g/mol. The van der Waals surface area contributed by atoms with E-state index in [0.717, 1.165) is 6.42 Å². The highest BCUT2D eigenvalue weighted by Gasteiger charge is 2.34. The summed E-state index contributed by atoms with van der Waals surface area (Å²) in [4.78, 5) is 25.2. The van der Waals surface area contributed by atoms with E-state index in [1.54, 1.807) is 36.6 Å². The van der Waals surface area contributed by atoms with Crippen LogP contribution in [-0.4, -0.2) is 24.4 Å². The van der Waals surface area contributed by atoms with Crippen LogP contribution < -0.4 is 16.0 Å². The first-order valence-corrected chi connectivity index (χ1v) is 10.8. The zero-order chi connectivity index (χ0) is 21.6. The van der Waals surface area contributed by atoms with Gasteiger partial charge in [-0.3, -0.25) is 9.59 Å². The number of para-hydroxylation sites is 1. The minimum atomic E-state index is -0.254. The second-order valence-electron chi connectivity index (χ2n) is 9.10. The zero-order valence-electron chi connectivity index (χ0n) is 18.2. The fourth-order valence-corrected chi connectivity index (χ4v) is 4.30. The van der Waals surface area contributed by atoms with Crippen LogP contribution in [0.4, 0.5) is 5.69 Å². The van der Waals surface area contributed by atoms with Crippen molar-refractivity contribution in [3.8, 4) is 0 Å². The van der Waals surface area contributed by atoms with Crippen molar-refractivity contribution >= 4 is 17.5 Å². The lowest BCUT2D eigenvalue weighted by atomic mass is 9.69. The Kier molecular flexibility index (Phi) is 7.32. The molecule has 3 N–H and O–H groups in total. The van der Waals surface area contributed by atoms with Crippen molar-refractivity contribution in [2.75, 3.05) is 11.9 Å². The number of carbonyl (C=O) groups is 2. The van der Waals surface area contributed by atoms with Gasteiger partial charge < -0.3 is 20.4 Å². The van der Waals surface area contributed by atoms with E-state index in [9.17, 15) is 9.59 Å². The molecule has 6 nitrogen and oxygen atoms in total. The summed E-state index contributed by atoms with van der Waals surface area (Å²) in [5.41, 5.74) is 1.16. The van der Waals surface area contributed by atoms with Gasteiger partial charge in [0.25, 0.3) is 5.91 Å². The largest absolute Gasteiger partial charge is 0.467 e. The highest BCUT2D eigenvalue weighted by atomic mass is 16.3. The fraction of sp³-hybridized carbons (Fsp3) is 0.500. The average molecular weight is 412 g/mol. The molecule has 0 saturated heterocycles. The highest BCUT2D eigenvalue weighted by molar-refractivity contribution is 6.04. The molecule has 1 aliphatic carbocycles. The van der Waals surface area contributed by atoms with E-state index in [1.807, 2.05) is 6.07 Å². The summed E-state index contributed by atoms with van der Waals surface area (Å²) in [6, 6.07) is 11.0. The smallest absolute Gasteiger partial charge is 0.253 e. The molecule has 1 aromatic heterocycles. The minimum absolute atomic E-state index is 0.139. The quantitative estimate of drug-likeness (QED) is 0.633. The lowest BCUT2D eigenvalue weighted by Gasteiger charge is -2.40. The molecule has 1 fully saturated rings. The molecule has 30 heavy (non-hydrogen) atoms. The Hall–Kier alpha value is -2.60. The first-order valence-electron chi connectivity index (χ1n) is 10.8. The standard InChI is InChI=1S/C24H33N3O3/c1-24(2,3)19-11-5-7-13-21(19)25-16-22(28)27-20-12-6-4-10-18(20)23(29)26-15-17-9-8-14-30-17/h4,6,8-10,12,14,19,21,25H,5,7,11,13,15-16H2,1-3H3,(H,26,29)(H,27,28). The van der Waals surface area contributed by atoms with Gasteiger partial charge >= 0.3 is 0 Å². The van der Waals surface area contributed by atoms with Gasteiger partial charge in [0.05, 0.1) is 30.6 Å². The first-order chi connectivity index (χ1) is 14.3. The van der Waals surface area contributed by atoms with Crippen LogP contribution in [0.25, 0.3) is 0 Å². The predicted molar refractivity (Wildman–Crippen MR) is 118 cm³/mol. The van der Waals surface area contributed by atoms with Crippen LogP contribution in [0.1, 0.15) is 62.6 Å². The zero-order valence-corrected chi connectivity index (χ0v) is 18.2. The van der Waals surface area contributed by atoms with E-state index in [2.05, 4.69) is 36.7 Å². The SMILES string of the molecule is CC(C)(C)C1CCCCC1NCC(=O)Nc1ccccc1C(=O)NCc1ccco1. The van der Waals surface area contributed by atoms with Crippen molar-refractivity contribution in [3.05, 3.63) is 54.0 Å². The number of furan rings is 1. The summed E-state index contributed by atoms with van der Waals surface area (Å²) >= 11 is 0. The van der Waals surface area contributed by atoms with Gasteiger partial charge in [-0.1, -0.05) is 45.7 Å². The maximum atomic E-state index is 12.6.